The van der Waals surface area contributed by atoms with E-state index in [0.29, 0.717) is 6.04 Å². The highest BCUT2D eigenvalue weighted by atomic mass is 32.1. The SMILES string of the molecule is CCCNC(=S)NC1CC1. The molecule has 0 aliphatic heterocycles. The lowest BCUT2D eigenvalue weighted by Gasteiger charge is -2.07. The van der Waals surface area contributed by atoms with Gasteiger partial charge in [-0.1, -0.05) is 6.92 Å². The minimum absolute atomic E-state index is 0.678. The highest BCUT2D eigenvalue weighted by molar-refractivity contribution is 7.80. The molecule has 0 amide bonds. The Hall–Kier alpha value is -0.310. The molecular weight excluding hydrogens is 144 g/mol. The summed E-state index contributed by atoms with van der Waals surface area (Å²) in [6.07, 6.45) is 3.70. The van der Waals surface area contributed by atoms with Crippen LogP contribution in [0.1, 0.15) is 26.2 Å². The molecule has 3 heteroatoms. The smallest absolute Gasteiger partial charge is 0.166 e. The van der Waals surface area contributed by atoms with Crippen LogP contribution in [0.25, 0.3) is 0 Å². The van der Waals surface area contributed by atoms with Crippen LogP contribution in [0.2, 0.25) is 0 Å². The van der Waals surface area contributed by atoms with Crippen molar-refractivity contribution in [2.45, 2.75) is 32.2 Å². The second-order valence-electron chi connectivity index (χ2n) is 2.67. The van der Waals surface area contributed by atoms with Crippen LogP contribution in [0.3, 0.4) is 0 Å². The number of hydrogen-bond acceptors (Lipinski definition) is 1. The van der Waals surface area contributed by atoms with Gasteiger partial charge in [0.25, 0.3) is 0 Å². The van der Waals surface area contributed by atoms with Gasteiger partial charge in [0.2, 0.25) is 0 Å². The van der Waals surface area contributed by atoms with Gasteiger partial charge in [-0.2, -0.15) is 0 Å². The fraction of sp³-hybridized carbons (Fsp3) is 0.857. The van der Waals surface area contributed by atoms with Crippen LogP contribution < -0.4 is 10.6 Å². The Morgan fingerprint density at radius 1 is 1.60 bits per heavy atom. The van der Waals surface area contributed by atoms with Gasteiger partial charge in [-0.3, -0.25) is 0 Å². The molecule has 0 aromatic carbocycles. The first-order chi connectivity index (χ1) is 4.83. The van der Waals surface area contributed by atoms with E-state index in [9.17, 15) is 0 Å². The molecule has 1 fully saturated rings. The Kier molecular flexibility index (Phi) is 2.93. The van der Waals surface area contributed by atoms with Gasteiger partial charge in [0.05, 0.1) is 0 Å². The molecule has 58 valence electrons. The molecule has 10 heavy (non-hydrogen) atoms. The molecule has 1 rings (SSSR count). The predicted octanol–water partition coefficient (Wildman–Crippen LogP) is 1.02. The molecule has 1 saturated carbocycles. The molecule has 0 radical (unpaired) electrons. The van der Waals surface area contributed by atoms with Crippen molar-refractivity contribution in [1.29, 1.82) is 0 Å². The van der Waals surface area contributed by atoms with E-state index in [0.717, 1.165) is 18.1 Å². The van der Waals surface area contributed by atoms with Crippen LogP contribution in [0, 0.1) is 0 Å². The van der Waals surface area contributed by atoms with Gasteiger partial charge in [0, 0.05) is 12.6 Å². The molecule has 0 unspecified atom stereocenters. The Bertz CT molecular complexity index is 121. The summed E-state index contributed by atoms with van der Waals surface area (Å²) in [6, 6.07) is 0.678. The summed E-state index contributed by atoms with van der Waals surface area (Å²) in [4.78, 5) is 0. The predicted molar refractivity (Wildman–Crippen MR) is 47.0 cm³/mol. The summed E-state index contributed by atoms with van der Waals surface area (Å²) in [7, 11) is 0. The second-order valence-corrected chi connectivity index (χ2v) is 3.08. The third-order valence-electron chi connectivity index (χ3n) is 1.45. The Morgan fingerprint density at radius 2 is 2.30 bits per heavy atom. The van der Waals surface area contributed by atoms with Crippen molar-refractivity contribution in [1.82, 2.24) is 10.6 Å². The lowest BCUT2D eigenvalue weighted by molar-refractivity contribution is 0.797. The van der Waals surface area contributed by atoms with E-state index in [1.54, 1.807) is 0 Å². The number of thiocarbonyl (C=S) groups is 1. The molecule has 0 saturated heterocycles. The van der Waals surface area contributed by atoms with Crippen LogP contribution >= 0.6 is 12.2 Å². The van der Waals surface area contributed by atoms with Gasteiger partial charge in [-0.05, 0) is 31.5 Å². The van der Waals surface area contributed by atoms with Crippen molar-refractivity contribution in [3.05, 3.63) is 0 Å². The average molecular weight is 158 g/mol. The highest BCUT2D eigenvalue weighted by Gasteiger charge is 2.21. The zero-order valence-corrected chi connectivity index (χ0v) is 7.13. The summed E-state index contributed by atoms with van der Waals surface area (Å²) in [5.41, 5.74) is 0. The van der Waals surface area contributed by atoms with Gasteiger partial charge in [-0.15, -0.1) is 0 Å². The second kappa shape index (κ2) is 3.76. The lowest BCUT2D eigenvalue weighted by atomic mass is 10.5. The molecule has 0 aromatic heterocycles. The van der Waals surface area contributed by atoms with E-state index in [-0.39, 0.29) is 0 Å². The molecular formula is C7H14N2S. The van der Waals surface area contributed by atoms with E-state index in [2.05, 4.69) is 17.6 Å². The number of hydrogen-bond donors (Lipinski definition) is 2. The van der Waals surface area contributed by atoms with Gasteiger partial charge >= 0.3 is 0 Å². The molecule has 1 aliphatic carbocycles. The van der Waals surface area contributed by atoms with Crippen molar-refractivity contribution >= 4 is 17.3 Å². The van der Waals surface area contributed by atoms with Crippen LogP contribution in [-0.4, -0.2) is 17.7 Å². The van der Waals surface area contributed by atoms with Gasteiger partial charge < -0.3 is 10.6 Å². The fourth-order valence-electron chi connectivity index (χ4n) is 0.703. The number of nitrogens with one attached hydrogen (secondary N) is 2. The highest BCUT2D eigenvalue weighted by Crippen LogP contribution is 2.18. The van der Waals surface area contributed by atoms with E-state index in [1.807, 2.05) is 0 Å². The topological polar surface area (TPSA) is 24.1 Å². The summed E-state index contributed by atoms with van der Waals surface area (Å²) in [6.45, 7) is 3.12. The van der Waals surface area contributed by atoms with Crippen LogP contribution in [0.5, 0.6) is 0 Å². The maximum absolute atomic E-state index is 5.01. The molecule has 0 atom stereocenters. The summed E-state index contributed by atoms with van der Waals surface area (Å²) in [5, 5.41) is 7.16. The first-order valence-electron chi connectivity index (χ1n) is 3.87. The largest absolute Gasteiger partial charge is 0.363 e. The zero-order valence-electron chi connectivity index (χ0n) is 6.31. The van der Waals surface area contributed by atoms with Crippen molar-refractivity contribution < 1.29 is 0 Å². The maximum Gasteiger partial charge on any atom is 0.166 e. The van der Waals surface area contributed by atoms with E-state index < -0.39 is 0 Å². The summed E-state index contributed by atoms with van der Waals surface area (Å²) in [5.74, 6) is 0. The normalized spacial score (nSPS) is 16.5. The lowest BCUT2D eigenvalue weighted by Crippen LogP contribution is -2.36. The molecule has 0 heterocycles. The van der Waals surface area contributed by atoms with Crippen molar-refractivity contribution in [3.8, 4) is 0 Å². The first-order valence-corrected chi connectivity index (χ1v) is 4.28. The van der Waals surface area contributed by atoms with Crippen LogP contribution in [0.15, 0.2) is 0 Å². The Labute approximate surface area is 67.4 Å². The van der Waals surface area contributed by atoms with E-state index in [4.69, 9.17) is 12.2 Å². The van der Waals surface area contributed by atoms with Crippen molar-refractivity contribution in [3.63, 3.8) is 0 Å². The molecule has 0 aromatic rings. The van der Waals surface area contributed by atoms with Gasteiger partial charge in [0.1, 0.15) is 0 Å². The maximum atomic E-state index is 5.01. The minimum atomic E-state index is 0.678. The first kappa shape index (κ1) is 7.79. The quantitative estimate of drug-likeness (QED) is 0.600. The molecule has 0 bridgehead atoms. The molecule has 1 aliphatic rings. The van der Waals surface area contributed by atoms with E-state index >= 15 is 0 Å². The fourth-order valence-corrected chi connectivity index (χ4v) is 0.971. The molecule has 2 N–H and O–H groups in total. The third-order valence-corrected chi connectivity index (χ3v) is 1.71. The summed E-state index contributed by atoms with van der Waals surface area (Å²) >= 11 is 5.01. The minimum Gasteiger partial charge on any atom is -0.363 e. The van der Waals surface area contributed by atoms with Crippen LogP contribution in [-0.2, 0) is 0 Å². The van der Waals surface area contributed by atoms with E-state index in [1.165, 1.54) is 12.8 Å². The molecule has 2 nitrogen and oxygen atoms in total. The van der Waals surface area contributed by atoms with Gasteiger partial charge in [-0.25, -0.2) is 0 Å². The van der Waals surface area contributed by atoms with Crippen LogP contribution in [0.4, 0.5) is 0 Å². The average Bonchev–Trinajstić information content (AvgIpc) is 2.67. The molecule has 0 spiro atoms. The Morgan fingerprint density at radius 3 is 2.80 bits per heavy atom. The monoisotopic (exact) mass is 158 g/mol. The summed E-state index contributed by atoms with van der Waals surface area (Å²) < 4.78 is 0. The van der Waals surface area contributed by atoms with Gasteiger partial charge in [0.15, 0.2) is 5.11 Å². The Balaban J connectivity index is 1.97. The zero-order chi connectivity index (χ0) is 7.40. The standard InChI is InChI=1S/C7H14N2S/c1-2-5-8-7(10)9-6-3-4-6/h6H,2-5H2,1H3,(H2,8,9,10). The third kappa shape index (κ3) is 3.01. The van der Waals surface area contributed by atoms with Crippen molar-refractivity contribution in [2.75, 3.05) is 6.54 Å². The number of rotatable bonds is 3. The van der Waals surface area contributed by atoms with Crippen molar-refractivity contribution in [2.24, 2.45) is 0 Å².